The van der Waals surface area contributed by atoms with Gasteiger partial charge in [-0.1, -0.05) is 92.5 Å². The number of alkyl halides is 2. The number of carbonyl (C=O) groups is 2. The van der Waals surface area contributed by atoms with Crippen LogP contribution in [-0.4, -0.2) is 21.6 Å². The molecule has 2 atom stereocenters. The molecule has 25 heavy (non-hydrogen) atoms. The lowest BCUT2D eigenvalue weighted by atomic mass is 10.2. The SMILES string of the molecule is O=C(OCc1ccccc1)C(Br)CC(Br)C(=O)OCc1ccccc1. The molecule has 0 aliphatic rings. The van der Waals surface area contributed by atoms with Gasteiger partial charge in [0.15, 0.2) is 0 Å². The first-order valence-electron chi connectivity index (χ1n) is 7.75. The molecule has 0 saturated heterocycles. The van der Waals surface area contributed by atoms with Crippen LogP contribution in [0.1, 0.15) is 17.5 Å². The minimum atomic E-state index is -0.593. The molecule has 0 fully saturated rings. The van der Waals surface area contributed by atoms with Crippen molar-refractivity contribution in [2.24, 2.45) is 0 Å². The zero-order chi connectivity index (χ0) is 18.1. The standard InChI is InChI=1S/C19H18Br2O4/c20-16(18(22)24-12-14-7-3-1-4-8-14)11-17(21)19(23)25-13-15-9-5-2-6-10-15/h1-10,16-17H,11-13H2. The highest BCUT2D eigenvalue weighted by Gasteiger charge is 2.25. The van der Waals surface area contributed by atoms with E-state index in [1.54, 1.807) is 0 Å². The molecular formula is C19H18Br2O4. The number of esters is 2. The van der Waals surface area contributed by atoms with Gasteiger partial charge in [0.05, 0.1) is 0 Å². The van der Waals surface area contributed by atoms with Crippen LogP contribution in [0.5, 0.6) is 0 Å². The lowest BCUT2D eigenvalue weighted by Crippen LogP contribution is -2.26. The van der Waals surface area contributed by atoms with Crippen LogP contribution in [0.25, 0.3) is 0 Å². The van der Waals surface area contributed by atoms with Crippen molar-refractivity contribution in [1.82, 2.24) is 0 Å². The molecule has 0 amide bonds. The Hall–Kier alpha value is -1.66. The number of benzene rings is 2. The predicted octanol–water partition coefficient (Wildman–Crippen LogP) is 4.39. The summed E-state index contributed by atoms with van der Waals surface area (Å²) in [6.45, 7) is 0.403. The zero-order valence-corrected chi connectivity index (χ0v) is 16.6. The Balaban J connectivity index is 1.73. The van der Waals surface area contributed by atoms with E-state index in [1.165, 1.54) is 0 Å². The molecule has 4 nitrogen and oxygen atoms in total. The van der Waals surface area contributed by atoms with Gasteiger partial charge in [0.1, 0.15) is 22.9 Å². The van der Waals surface area contributed by atoms with Crippen LogP contribution in [0.3, 0.4) is 0 Å². The minimum Gasteiger partial charge on any atom is -0.460 e. The fourth-order valence-corrected chi connectivity index (χ4v) is 3.53. The van der Waals surface area contributed by atoms with Crippen molar-refractivity contribution >= 4 is 43.8 Å². The lowest BCUT2D eigenvalue weighted by molar-refractivity contribution is -0.145. The number of ether oxygens (including phenoxy) is 2. The molecule has 2 unspecified atom stereocenters. The first-order chi connectivity index (χ1) is 12.1. The van der Waals surface area contributed by atoms with Crippen LogP contribution in [0, 0.1) is 0 Å². The van der Waals surface area contributed by atoms with Crippen molar-refractivity contribution in [3.63, 3.8) is 0 Å². The van der Waals surface area contributed by atoms with Crippen LogP contribution in [0.15, 0.2) is 60.7 Å². The molecule has 0 heterocycles. The second kappa shape index (κ2) is 10.4. The molecule has 0 aromatic heterocycles. The fourth-order valence-electron chi connectivity index (χ4n) is 2.01. The molecule has 2 rings (SSSR count). The topological polar surface area (TPSA) is 52.6 Å². The van der Waals surface area contributed by atoms with Crippen LogP contribution < -0.4 is 0 Å². The van der Waals surface area contributed by atoms with Crippen molar-refractivity contribution in [1.29, 1.82) is 0 Å². The Morgan fingerprint density at radius 1 is 0.720 bits per heavy atom. The molecular weight excluding hydrogens is 452 g/mol. The Bertz CT molecular complexity index is 617. The summed E-state index contributed by atoms with van der Waals surface area (Å²) < 4.78 is 10.5. The normalized spacial score (nSPS) is 12.9. The van der Waals surface area contributed by atoms with Gasteiger partial charge in [-0.05, 0) is 17.5 Å². The first kappa shape index (κ1) is 19.7. The third kappa shape index (κ3) is 7.00. The maximum Gasteiger partial charge on any atom is 0.320 e. The van der Waals surface area contributed by atoms with Gasteiger partial charge in [-0.2, -0.15) is 0 Å². The van der Waals surface area contributed by atoms with E-state index in [0.717, 1.165) is 11.1 Å². The predicted molar refractivity (Wildman–Crippen MR) is 103 cm³/mol. The Labute approximate surface area is 163 Å². The second-order valence-electron chi connectivity index (χ2n) is 5.36. The highest BCUT2D eigenvalue weighted by atomic mass is 79.9. The molecule has 0 aliphatic heterocycles. The smallest absolute Gasteiger partial charge is 0.320 e. The van der Waals surface area contributed by atoms with Gasteiger partial charge in [-0.15, -0.1) is 0 Å². The lowest BCUT2D eigenvalue weighted by Gasteiger charge is -2.14. The molecule has 0 radical (unpaired) electrons. The highest BCUT2D eigenvalue weighted by molar-refractivity contribution is 9.10. The molecule has 2 aromatic rings. The van der Waals surface area contributed by atoms with Crippen LogP contribution in [-0.2, 0) is 32.3 Å². The van der Waals surface area contributed by atoms with E-state index in [1.807, 2.05) is 60.7 Å². The van der Waals surface area contributed by atoms with E-state index in [4.69, 9.17) is 9.47 Å². The summed E-state index contributed by atoms with van der Waals surface area (Å²) in [5.74, 6) is -0.826. The fraction of sp³-hybridized carbons (Fsp3) is 0.263. The summed E-state index contributed by atoms with van der Waals surface area (Å²) in [6, 6.07) is 18.8. The number of rotatable bonds is 8. The maximum absolute atomic E-state index is 12.0. The molecule has 0 bridgehead atoms. The Morgan fingerprint density at radius 2 is 1.08 bits per heavy atom. The molecule has 0 N–H and O–H groups in total. The monoisotopic (exact) mass is 468 g/mol. The molecule has 2 aromatic carbocycles. The van der Waals surface area contributed by atoms with Crippen LogP contribution >= 0.6 is 31.9 Å². The van der Waals surface area contributed by atoms with E-state index in [0.29, 0.717) is 0 Å². The molecule has 6 heteroatoms. The molecule has 0 aliphatic carbocycles. The quantitative estimate of drug-likeness (QED) is 0.425. The van der Waals surface area contributed by atoms with Crippen LogP contribution in [0.4, 0.5) is 0 Å². The van der Waals surface area contributed by atoms with E-state index in [-0.39, 0.29) is 19.6 Å². The molecule has 0 saturated carbocycles. The number of halogens is 2. The minimum absolute atomic E-state index is 0.202. The second-order valence-corrected chi connectivity index (χ2v) is 7.57. The highest BCUT2D eigenvalue weighted by Crippen LogP contribution is 2.18. The third-order valence-electron chi connectivity index (χ3n) is 3.37. The van der Waals surface area contributed by atoms with Gasteiger partial charge in [0.2, 0.25) is 0 Å². The first-order valence-corrected chi connectivity index (χ1v) is 9.58. The van der Waals surface area contributed by atoms with E-state index >= 15 is 0 Å². The van der Waals surface area contributed by atoms with E-state index in [9.17, 15) is 9.59 Å². The Morgan fingerprint density at radius 3 is 1.44 bits per heavy atom. The largest absolute Gasteiger partial charge is 0.460 e. The summed E-state index contributed by atoms with van der Waals surface area (Å²) in [5, 5.41) is 0. The summed E-state index contributed by atoms with van der Waals surface area (Å²) in [4.78, 5) is 22.8. The number of carbonyl (C=O) groups excluding carboxylic acids is 2. The van der Waals surface area contributed by atoms with Crippen molar-refractivity contribution in [3.8, 4) is 0 Å². The maximum atomic E-state index is 12.0. The van der Waals surface area contributed by atoms with Gasteiger partial charge in [0.25, 0.3) is 0 Å². The van der Waals surface area contributed by atoms with Crippen molar-refractivity contribution in [2.45, 2.75) is 29.3 Å². The van der Waals surface area contributed by atoms with Crippen LogP contribution in [0.2, 0.25) is 0 Å². The zero-order valence-electron chi connectivity index (χ0n) is 13.4. The van der Waals surface area contributed by atoms with Crippen molar-refractivity contribution in [2.75, 3.05) is 0 Å². The van der Waals surface area contributed by atoms with Gasteiger partial charge in [-0.3, -0.25) is 9.59 Å². The summed E-state index contributed by atoms with van der Waals surface area (Å²) in [6.07, 6.45) is 0.237. The van der Waals surface area contributed by atoms with Gasteiger partial charge in [0, 0.05) is 0 Å². The number of hydrogen-bond donors (Lipinski definition) is 0. The van der Waals surface area contributed by atoms with Gasteiger partial charge < -0.3 is 9.47 Å². The van der Waals surface area contributed by atoms with Gasteiger partial charge >= 0.3 is 11.9 Å². The summed E-state index contributed by atoms with van der Waals surface area (Å²) >= 11 is 6.54. The Kier molecular flexibility index (Phi) is 8.15. The van der Waals surface area contributed by atoms with Gasteiger partial charge in [-0.25, -0.2) is 0 Å². The molecule has 0 spiro atoms. The summed E-state index contributed by atoms with van der Waals surface area (Å²) in [7, 11) is 0. The van der Waals surface area contributed by atoms with Crippen molar-refractivity contribution in [3.05, 3.63) is 71.8 Å². The molecule has 132 valence electrons. The number of hydrogen-bond acceptors (Lipinski definition) is 4. The average molecular weight is 470 g/mol. The average Bonchev–Trinajstić information content (AvgIpc) is 2.65. The van der Waals surface area contributed by atoms with E-state index in [2.05, 4.69) is 31.9 Å². The van der Waals surface area contributed by atoms with Crippen molar-refractivity contribution < 1.29 is 19.1 Å². The summed E-state index contributed by atoms with van der Waals surface area (Å²) in [5.41, 5.74) is 1.82. The third-order valence-corrected chi connectivity index (χ3v) is 4.87. The van der Waals surface area contributed by atoms with E-state index < -0.39 is 21.6 Å².